The molecular formula is C21H27N3O. The van der Waals surface area contributed by atoms with Crippen molar-refractivity contribution in [2.24, 2.45) is 0 Å². The van der Waals surface area contributed by atoms with Crippen molar-refractivity contribution in [1.29, 1.82) is 0 Å². The Morgan fingerprint density at radius 3 is 2.60 bits per heavy atom. The number of hydrogen-bond acceptors (Lipinski definition) is 3. The van der Waals surface area contributed by atoms with Crippen LogP contribution in [0, 0.1) is 6.92 Å². The van der Waals surface area contributed by atoms with E-state index in [2.05, 4.69) is 15.6 Å². The van der Waals surface area contributed by atoms with E-state index >= 15 is 0 Å². The molecule has 3 rings (SSSR count). The smallest absolute Gasteiger partial charge is 0.228 e. The third kappa shape index (κ3) is 5.59. The number of hydrogen-bond donors (Lipinski definition) is 2. The first-order chi connectivity index (χ1) is 12.2. The van der Waals surface area contributed by atoms with Crippen LogP contribution in [0.3, 0.4) is 0 Å². The van der Waals surface area contributed by atoms with Gasteiger partial charge in [-0.3, -0.25) is 4.79 Å². The van der Waals surface area contributed by atoms with Gasteiger partial charge in [0.2, 0.25) is 5.91 Å². The molecule has 2 N–H and O–H groups in total. The van der Waals surface area contributed by atoms with Crippen molar-refractivity contribution in [3.05, 3.63) is 53.7 Å². The summed E-state index contributed by atoms with van der Waals surface area (Å²) in [5, 5.41) is 6.45. The van der Waals surface area contributed by atoms with Crippen LogP contribution in [0.5, 0.6) is 0 Å². The van der Waals surface area contributed by atoms with E-state index in [1.165, 1.54) is 44.1 Å². The average molecular weight is 337 g/mol. The van der Waals surface area contributed by atoms with Gasteiger partial charge in [-0.25, -0.2) is 4.98 Å². The van der Waals surface area contributed by atoms with Crippen LogP contribution in [0.4, 0.5) is 11.5 Å². The number of nitrogens with one attached hydrogen (secondary N) is 2. The van der Waals surface area contributed by atoms with E-state index < -0.39 is 0 Å². The van der Waals surface area contributed by atoms with E-state index in [-0.39, 0.29) is 5.91 Å². The number of benzene rings is 1. The zero-order chi connectivity index (χ0) is 17.5. The van der Waals surface area contributed by atoms with Crippen molar-refractivity contribution in [3.8, 4) is 0 Å². The number of nitrogens with zero attached hydrogens (tertiary/aromatic N) is 1. The number of rotatable bonds is 5. The zero-order valence-corrected chi connectivity index (χ0v) is 14.9. The van der Waals surface area contributed by atoms with Gasteiger partial charge in [0.1, 0.15) is 5.82 Å². The molecule has 132 valence electrons. The lowest BCUT2D eigenvalue weighted by molar-refractivity contribution is -0.115. The Bertz CT molecular complexity index is 689. The molecule has 0 radical (unpaired) electrons. The predicted octanol–water partition coefficient (Wildman–Crippen LogP) is 4.71. The van der Waals surface area contributed by atoms with E-state index in [1.54, 1.807) is 6.20 Å². The van der Waals surface area contributed by atoms with Crippen molar-refractivity contribution in [1.82, 2.24) is 4.98 Å². The van der Waals surface area contributed by atoms with E-state index in [0.29, 0.717) is 12.5 Å². The lowest BCUT2D eigenvalue weighted by Gasteiger charge is -2.17. The number of pyridine rings is 1. The molecule has 0 saturated heterocycles. The molecule has 0 spiro atoms. The van der Waals surface area contributed by atoms with Gasteiger partial charge in [-0.1, -0.05) is 55.5 Å². The minimum absolute atomic E-state index is 0.0168. The third-order valence-corrected chi connectivity index (χ3v) is 4.70. The van der Waals surface area contributed by atoms with Crippen LogP contribution < -0.4 is 10.6 Å². The zero-order valence-electron chi connectivity index (χ0n) is 14.9. The summed E-state index contributed by atoms with van der Waals surface area (Å²) in [6.45, 7) is 2.03. The van der Waals surface area contributed by atoms with Gasteiger partial charge in [0.05, 0.1) is 18.3 Å². The number of aromatic nitrogens is 1. The Kier molecular flexibility index (Phi) is 6.04. The molecule has 1 fully saturated rings. The van der Waals surface area contributed by atoms with E-state index in [4.69, 9.17) is 0 Å². The normalized spacial score (nSPS) is 15.4. The van der Waals surface area contributed by atoms with Crippen LogP contribution in [0.2, 0.25) is 0 Å². The number of aryl methyl sites for hydroxylation is 1. The highest BCUT2D eigenvalue weighted by Gasteiger charge is 2.12. The molecule has 1 amide bonds. The van der Waals surface area contributed by atoms with E-state index in [9.17, 15) is 4.79 Å². The van der Waals surface area contributed by atoms with Gasteiger partial charge in [0.25, 0.3) is 0 Å². The summed E-state index contributed by atoms with van der Waals surface area (Å²) in [7, 11) is 0. The maximum Gasteiger partial charge on any atom is 0.228 e. The van der Waals surface area contributed by atoms with Crippen LogP contribution in [0.25, 0.3) is 0 Å². The second kappa shape index (κ2) is 8.65. The second-order valence-corrected chi connectivity index (χ2v) is 6.98. The summed E-state index contributed by atoms with van der Waals surface area (Å²) in [6.07, 6.45) is 9.83. The molecular weight excluding hydrogens is 310 g/mol. The fourth-order valence-electron chi connectivity index (χ4n) is 3.40. The van der Waals surface area contributed by atoms with Crippen LogP contribution in [-0.2, 0) is 11.2 Å². The molecule has 1 aromatic carbocycles. The van der Waals surface area contributed by atoms with Crippen molar-refractivity contribution < 1.29 is 4.79 Å². The van der Waals surface area contributed by atoms with Gasteiger partial charge in [0, 0.05) is 6.04 Å². The summed E-state index contributed by atoms with van der Waals surface area (Å²) in [5.41, 5.74) is 2.93. The molecule has 0 bridgehead atoms. The van der Waals surface area contributed by atoms with Crippen molar-refractivity contribution in [2.45, 2.75) is 57.9 Å². The Labute approximate surface area is 150 Å². The van der Waals surface area contributed by atoms with E-state index in [1.807, 2.05) is 43.3 Å². The Morgan fingerprint density at radius 2 is 1.92 bits per heavy atom. The Balaban J connectivity index is 1.52. The van der Waals surface area contributed by atoms with Crippen LogP contribution >= 0.6 is 0 Å². The maximum atomic E-state index is 12.2. The monoisotopic (exact) mass is 337 g/mol. The summed E-state index contributed by atoms with van der Waals surface area (Å²) in [4.78, 5) is 16.6. The first-order valence-corrected chi connectivity index (χ1v) is 9.27. The average Bonchev–Trinajstić information content (AvgIpc) is 2.85. The molecule has 4 heteroatoms. The number of carbonyl (C=O) groups is 1. The molecule has 1 heterocycles. The summed E-state index contributed by atoms with van der Waals surface area (Å²) < 4.78 is 0. The first kappa shape index (κ1) is 17.5. The highest BCUT2D eigenvalue weighted by molar-refractivity contribution is 5.92. The predicted molar refractivity (Wildman–Crippen MR) is 103 cm³/mol. The minimum Gasteiger partial charge on any atom is -0.367 e. The highest BCUT2D eigenvalue weighted by Crippen LogP contribution is 2.21. The van der Waals surface area contributed by atoms with Gasteiger partial charge >= 0.3 is 0 Å². The van der Waals surface area contributed by atoms with Gasteiger partial charge in [0.15, 0.2) is 0 Å². The maximum absolute atomic E-state index is 12.2. The fraction of sp³-hybridized carbons (Fsp3) is 0.429. The minimum atomic E-state index is -0.0168. The molecule has 1 aliphatic carbocycles. The standard InChI is InChI=1S/C21H27N3O/c1-16-7-6-8-17(13-16)14-21(25)24-19-11-12-20(22-15-19)23-18-9-4-2-3-5-10-18/h6-8,11-13,15,18H,2-5,9-10,14H2,1H3,(H,22,23)(H,24,25). The molecule has 0 aliphatic heterocycles. The van der Waals surface area contributed by atoms with E-state index in [0.717, 1.165) is 17.1 Å². The van der Waals surface area contributed by atoms with Crippen LogP contribution in [0.1, 0.15) is 49.7 Å². The van der Waals surface area contributed by atoms with Crippen molar-refractivity contribution >= 4 is 17.4 Å². The quantitative estimate of drug-likeness (QED) is 0.777. The molecule has 0 unspecified atom stereocenters. The number of amides is 1. The lowest BCUT2D eigenvalue weighted by Crippen LogP contribution is -2.19. The Hall–Kier alpha value is -2.36. The topological polar surface area (TPSA) is 54.0 Å². The van der Waals surface area contributed by atoms with Gasteiger partial charge in [-0.05, 0) is 37.5 Å². The molecule has 1 aliphatic rings. The Morgan fingerprint density at radius 1 is 1.12 bits per heavy atom. The number of anilines is 2. The number of carbonyl (C=O) groups excluding carboxylic acids is 1. The summed E-state index contributed by atoms with van der Waals surface area (Å²) in [5.74, 6) is 0.875. The van der Waals surface area contributed by atoms with Crippen molar-refractivity contribution in [3.63, 3.8) is 0 Å². The highest BCUT2D eigenvalue weighted by atomic mass is 16.1. The molecule has 2 aromatic rings. The second-order valence-electron chi connectivity index (χ2n) is 6.98. The summed E-state index contributed by atoms with van der Waals surface area (Å²) in [6, 6.07) is 12.4. The van der Waals surface area contributed by atoms with Gasteiger partial charge < -0.3 is 10.6 Å². The molecule has 4 nitrogen and oxygen atoms in total. The third-order valence-electron chi connectivity index (χ3n) is 4.70. The molecule has 0 atom stereocenters. The molecule has 1 saturated carbocycles. The lowest BCUT2D eigenvalue weighted by atomic mass is 10.1. The fourth-order valence-corrected chi connectivity index (χ4v) is 3.40. The van der Waals surface area contributed by atoms with Crippen LogP contribution in [0.15, 0.2) is 42.6 Å². The first-order valence-electron chi connectivity index (χ1n) is 9.27. The molecule has 25 heavy (non-hydrogen) atoms. The van der Waals surface area contributed by atoms with Crippen LogP contribution in [-0.4, -0.2) is 16.9 Å². The summed E-state index contributed by atoms with van der Waals surface area (Å²) >= 11 is 0. The van der Waals surface area contributed by atoms with Gasteiger partial charge in [-0.15, -0.1) is 0 Å². The molecule has 1 aromatic heterocycles. The van der Waals surface area contributed by atoms with Crippen molar-refractivity contribution in [2.75, 3.05) is 10.6 Å². The largest absolute Gasteiger partial charge is 0.367 e. The SMILES string of the molecule is Cc1cccc(CC(=O)Nc2ccc(NC3CCCCCC3)nc2)c1. The van der Waals surface area contributed by atoms with Gasteiger partial charge in [-0.2, -0.15) is 0 Å².